The second kappa shape index (κ2) is 6.15. The highest BCUT2D eigenvalue weighted by Crippen LogP contribution is 2.36. The molecule has 2 nitrogen and oxygen atoms in total. The van der Waals surface area contributed by atoms with Crippen LogP contribution in [0.1, 0.15) is 56.7 Å². The van der Waals surface area contributed by atoms with E-state index in [1.807, 2.05) is 12.4 Å². The lowest BCUT2D eigenvalue weighted by Gasteiger charge is -2.20. The predicted molar refractivity (Wildman–Crippen MR) is 72.0 cm³/mol. The summed E-state index contributed by atoms with van der Waals surface area (Å²) >= 11 is 0. The fourth-order valence-electron chi connectivity index (χ4n) is 2.50. The van der Waals surface area contributed by atoms with Crippen molar-refractivity contribution in [1.82, 2.24) is 10.3 Å². The summed E-state index contributed by atoms with van der Waals surface area (Å²) in [4.78, 5) is 4.24. The van der Waals surface area contributed by atoms with Gasteiger partial charge in [0.1, 0.15) is 0 Å². The third-order valence-electron chi connectivity index (χ3n) is 3.71. The molecule has 1 fully saturated rings. The molecule has 1 aromatic rings. The molecular formula is C15H24N2. The molecule has 94 valence electrons. The molecule has 0 aliphatic heterocycles. The molecule has 1 N–H and O–H groups in total. The van der Waals surface area contributed by atoms with Crippen LogP contribution in [0.4, 0.5) is 0 Å². The van der Waals surface area contributed by atoms with Gasteiger partial charge >= 0.3 is 0 Å². The lowest BCUT2D eigenvalue weighted by atomic mass is 9.96. The summed E-state index contributed by atoms with van der Waals surface area (Å²) < 4.78 is 0. The maximum Gasteiger partial charge on any atom is 0.0324 e. The summed E-state index contributed by atoms with van der Waals surface area (Å²) in [5.41, 5.74) is 2.86. The maximum absolute atomic E-state index is 4.24. The van der Waals surface area contributed by atoms with Gasteiger partial charge in [0.25, 0.3) is 0 Å². The van der Waals surface area contributed by atoms with Crippen molar-refractivity contribution in [2.45, 2.75) is 52.0 Å². The van der Waals surface area contributed by atoms with Crippen LogP contribution in [0, 0.1) is 5.92 Å². The van der Waals surface area contributed by atoms with Crippen LogP contribution in [-0.2, 0) is 6.42 Å². The molecular weight excluding hydrogens is 208 g/mol. The first-order valence-corrected chi connectivity index (χ1v) is 7.01. The van der Waals surface area contributed by atoms with Crippen LogP contribution in [0.15, 0.2) is 18.5 Å². The fourth-order valence-corrected chi connectivity index (χ4v) is 2.50. The molecule has 2 rings (SSSR count). The van der Waals surface area contributed by atoms with Crippen LogP contribution < -0.4 is 5.32 Å². The quantitative estimate of drug-likeness (QED) is 0.778. The zero-order valence-corrected chi connectivity index (χ0v) is 11.1. The van der Waals surface area contributed by atoms with Gasteiger partial charge in [0.05, 0.1) is 0 Å². The van der Waals surface area contributed by atoms with Crippen molar-refractivity contribution in [3.8, 4) is 0 Å². The Morgan fingerprint density at radius 3 is 2.88 bits per heavy atom. The van der Waals surface area contributed by atoms with Crippen molar-refractivity contribution in [2.75, 3.05) is 6.54 Å². The average molecular weight is 232 g/mol. The summed E-state index contributed by atoms with van der Waals surface area (Å²) in [6, 6.07) is 2.72. The summed E-state index contributed by atoms with van der Waals surface area (Å²) in [5.74, 6) is 1.02. The van der Waals surface area contributed by atoms with Gasteiger partial charge in [-0.1, -0.05) is 26.7 Å². The van der Waals surface area contributed by atoms with Crippen molar-refractivity contribution in [3.05, 3.63) is 29.6 Å². The molecule has 1 aliphatic rings. The third-order valence-corrected chi connectivity index (χ3v) is 3.71. The van der Waals surface area contributed by atoms with Gasteiger partial charge in [-0.15, -0.1) is 0 Å². The number of hydrogen-bond acceptors (Lipinski definition) is 2. The van der Waals surface area contributed by atoms with Gasteiger partial charge in [-0.3, -0.25) is 4.98 Å². The van der Waals surface area contributed by atoms with E-state index in [0.29, 0.717) is 6.04 Å². The molecule has 0 amide bonds. The number of rotatable bonds is 7. The largest absolute Gasteiger partial charge is 0.310 e. The lowest BCUT2D eigenvalue weighted by Crippen LogP contribution is -2.22. The fraction of sp³-hybridized carbons (Fsp3) is 0.667. The van der Waals surface area contributed by atoms with E-state index in [0.717, 1.165) is 18.9 Å². The number of aromatic nitrogens is 1. The van der Waals surface area contributed by atoms with Crippen LogP contribution in [0.5, 0.6) is 0 Å². The van der Waals surface area contributed by atoms with Crippen LogP contribution in [0.2, 0.25) is 0 Å². The number of nitrogens with zero attached hydrogens (tertiary/aromatic N) is 1. The second-order valence-electron chi connectivity index (χ2n) is 5.06. The minimum Gasteiger partial charge on any atom is -0.310 e. The Morgan fingerprint density at radius 1 is 1.41 bits per heavy atom. The molecule has 1 aliphatic carbocycles. The predicted octanol–water partition coefficient (Wildman–Crippen LogP) is 3.48. The first-order chi connectivity index (χ1) is 8.35. The summed E-state index contributed by atoms with van der Waals surface area (Å²) in [6.45, 7) is 5.45. The van der Waals surface area contributed by atoms with Crippen LogP contribution in [-0.4, -0.2) is 11.5 Å². The Morgan fingerprint density at radius 2 is 2.24 bits per heavy atom. The summed E-state index contributed by atoms with van der Waals surface area (Å²) in [5, 5.41) is 3.63. The number of pyridine rings is 1. The molecule has 1 heterocycles. The van der Waals surface area contributed by atoms with Gasteiger partial charge in [-0.25, -0.2) is 0 Å². The van der Waals surface area contributed by atoms with E-state index >= 15 is 0 Å². The van der Waals surface area contributed by atoms with Gasteiger partial charge in [0.15, 0.2) is 0 Å². The average Bonchev–Trinajstić information content (AvgIpc) is 3.18. The standard InChI is InChI=1S/C15H24N2/c1-3-13-11-16-10-9-14(13)15(17-4-2)8-7-12-5-6-12/h9-12,15,17H,3-8H2,1-2H3. The van der Waals surface area contributed by atoms with E-state index in [-0.39, 0.29) is 0 Å². The Kier molecular flexibility index (Phi) is 4.55. The highest BCUT2D eigenvalue weighted by Gasteiger charge is 2.23. The summed E-state index contributed by atoms with van der Waals surface area (Å²) in [7, 11) is 0. The van der Waals surface area contributed by atoms with E-state index in [9.17, 15) is 0 Å². The van der Waals surface area contributed by atoms with E-state index in [1.165, 1.54) is 36.8 Å². The van der Waals surface area contributed by atoms with Gasteiger partial charge in [0.2, 0.25) is 0 Å². The zero-order valence-electron chi connectivity index (χ0n) is 11.1. The molecule has 0 radical (unpaired) electrons. The van der Waals surface area contributed by atoms with Crippen LogP contribution in [0.25, 0.3) is 0 Å². The minimum atomic E-state index is 0.526. The highest BCUT2D eigenvalue weighted by atomic mass is 14.9. The molecule has 0 bridgehead atoms. The first kappa shape index (κ1) is 12.6. The van der Waals surface area contributed by atoms with Gasteiger partial charge < -0.3 is 5.32 Å². The van der Waals surface area contributed by atoms with Crippen LogP contribution >= 0.6 is 0 Å². The molecule has 0 saturated heterocycles. The molecule has 0 spiro atoms. The van der Waals surface area contributed by atoms with Gasteiger partial charge in [-0.2, -0.15) is 0 Å². The van der Waals surface area contributed by atoms with E-state index in [1.54, 1.807) is 0 Å². The van der Waals surface area contributed by atoms with Gasteiger partial charge in [-0.05, 0) is 48.9 Å². The van der Waals surface area contributed by atoms with Crippen molar-refractivity contribution in [2.24, 2.45) is 5.92 Å². The minimum absolute atomic E-state index is 0.526. The van der Waals surface area contributed by atoms with Crippen LogP contribution in [0.3, 0.4) is 0 Å². The molecule has 1 aromatic heterocycles. The Labute approximate surface area is 105 Å². The SMILES string of the molecule is CCNC(CCC1CC1)c1ccncc1CC. The summed E-state index contributed by atoms with van der Waals surface area (Å²) in [6.07, 6.45) is 10.6. The van der Waals surface area contributed by atoms with Crippen molar-refractivity contribution in [3.63, 3.8) is 0 Å². The molecule has 2 heteroatoms. The normalized spacial score (nSPS) is 17.1. The molecule has 1 saturated carbocycles. The van der Waals surface area contributed by atoms with Crippen molar-refractivity contribution < 1.29 is 0 Å². The third kappa shape index (κ3) is 3.53. The van der Waals surface area contributed by atoms with E-state index < -0.39 is 0 Å². The Balaban J connectivity index is 2.05. The molecule has 1 atom stereocenters. The number of nitrogens with one attached hydrogen (secondary N) is 1. The smallest absolute Gasteiger partial charge is 0.0324 e. The van der Waals surface area contributed by atoms with Crippen molar-refractivity contribution in [1.29, 1.82) is 0 Å². The molecule has 0 aromatic carbocycles. The monoisotopic (exact) mass is 232 g/mol. The van der Waals surface area contributed by atoms with E-state index in [2.05, 4.69) is 30.2 Å². The number of hydrogen-bond donors (Lipinski definition) is 1. The van der Waals surface area contributed by atoms with E-state index in [4.69, 9.17) is 0 Å². The maximum atomic E-state index is 4.24. The lowest BCUT2D eigenvalue weighted by molar-refractivity contribution is 0.478. The Hall–Kier alpha value is -0.890. The van der Waals surface area contributed by atoms with Crippen molar-refractivity contribution >= 4 is 0 Å². The Bertz CT molecular complexity index is 345. The second-order valence-corrected chi connectivity index (χ2v) is 5.06. The first-order valence-electron chi connectivity index (χ1n) is 7.01. The topological polar surface area (TPSA) is 24.9 Å². The molecule has 17 heavy (non-hydrogen) atoms. The molecule has 1 unspecified atom stereocenters. The number of aryl methyl sites for hydroxylation is 1. The zero-order chi connectivity index (χ0) is 12.1. The van der Waals surface area contributed by atoms with Gasteiger partial charge in [0, 0.05) is 18.4 Å². The highest BCUT2D eigenvalue weighted by molar-refractivity contribution is 5.26.